The summed E-state index contributed by atoms with van der Waals surface area (Å²) in [6, 6.07) is 4.56. The lowest BCUT2D eigenvalue weighted by atomic mass is 9.72. The molecule has 33 heavy (non-hydrogen) atoms. The molecule has 3 aliphatic heterocycles. The number of carboxylic acid groups (broad SMARTS) is 3. The van der Waals surface area contributed by atoms with Gasteiger partial charge in [-0.05, 0) is 49.8 Å². The van der Waals surface area contributed by atoms with E-state index in [4.69, 9.17) is 24.9 Å². The molecule has 0 aromatic carbocycles. The molecule has 5 N–H and O–H groups in total. The van der Waals surface area contributed by atoms with Crippen LogP contribution in [-0.4, -0.2) is 99.7 Å². The Balaban J connectivity index is 0.000000582. The largest absolute Gasteiger partial charge is 0.483 e. The molecular weight excluding hydrogens is 432 g/mol. The third kappa shape index (κ3) is 7.57. The average Bonchev–Trinajstić information content (AvgIpc) is 3.34. The van der Waals surface area contributed by atoms with Crippen molar-refractivity contribution in [3.63, 3.8) is 0 Å². The van der Waals surface area contributed by atoms with Gasteiger partial charge in [0.25, 0.3) is 18.9 Å². The van der Waals surface area contributed by atoms with Crippen LogP contribution in [0.25, 0.3) is 0 Å². The van der Waals surface area contributed by atoms with Gasteiger partial charge in [-0.1, -0.05) is 6.42 Å². The van der Waals surface area contributed by atoms with Gasteiger partial charge in [0.1, 0.15) is 5.69 Å². The van der Waals surface area contributed by atoms with E-state index in [0.29, 0.717) is 42.7 Å². The normalized spacial score (nSPS) is 26.3. The molecule has 4 rings (SSSR count). The fraction of sp³-hybridized carbons (Fsp3) is 0.636. The molecule has 11 heteroatoms. The number of aromatic nitrogens is 1. The van der Waals surface area contributed by atoms with Crippen molar-refractivity contribution in [3.8, 4) is 0 Å². The first-order valence-corrected chi connectivity index (χ1v) is 11.2. The molecule has 0 saturated carbocycles. The molecule has 0 radical (unpaired) electrons. The van der Waals surface area contributed by atoms with E-state index >= 15 is 0 Å². The Bertz CT molecular complexity index is 752. The van der Waals surface area contributed by atoms with E-state index in [1.807, 2.05) is 6.07 Å². The number of amides is 1. The van der Waals surface area contributed by atoms with Crippen LogP contribution in [0, 0.1) is 11.8 Å². The summed E-state index contributed by atoms with van der Waals surface area (Å²) in [5.74, 6) is 0.359. The standard InChI is InChI=1S/C20H30N4O3.2CH2O2/c25-19(26)6-9-23-12-14-10-15(13-23)18(24-8-2-1-5-17(14)24)11-22-20(27)16-4-3-7-21-16;2*2-1-3/h3-4,7,14-15,17-18,21H,1-2,5-6,8-13H2,(H,22,27)(H,25,26);2*1H,(H,2,3)/t14-,15+,17+,18+;;/m1../s1. The summed E-state index contributed by atoms with van der Waals surface area (Å²) < 4.78 is 0. The first-order chi connectivity index (χ1) is 15.9. The Morgan fingerprint density at radius 1 is 1.15 bits per heavy atom. The second-order valence-electron chi connectivity index (χ2n) is 8.53. The Hall–Kier alpha value is -2.92. The van der Waals surface area contributed by atoms with Crippen molar-refractivity contribution in [1.82, 2.24) is 20.1 Å². The number of carbonyl (C=O) groups is 4. The number of nitrogens with one attached hydrogen (secondary N) is 2. The topological polar surface area (TPSA) is 163 Å². The molecule has 1 aromatic rings. The highest BCUT2D eigenvalue weighted by Crippen LogP contribution is 2.41. The van der Waals surface area contributed by atoms with Crippen LogP contribution in [0.4, 0.5) is 0 Å². The van der Waals surface area contributed by atoms with Crippen molar-refractivity contribution in [2.45, 2.75) is 44.2 Å². The minimum Gasteiger partial charge on any atom is -0.483 e. The van der Waals surface area contributed by atoms with Crippen molar-refractivity contribution in [2.24, 2.45) is 11.8 Å². The van der Waals surface area contributed by atoms with E-state index in [9.17, 15) is 9.59 Å². The minimum absolute atomic E-state index is 0.0470. The monoisotopic (exact) mass is 466 g/mol. The lowest BCUT2D eigenvalue weighted by Gasteiger charge is -2.57. The third-order valence-electron chi connectivity index (χ3n) is 6.65. The van der Waals surface area contributed by atoms with E-state index in [1.165, 1.54) is 25.7 Å². The zero-order chi connectivity index (χ0) is 24.2. The zero-order valence-corrected chi connectivity index (χ0v) is 18.6. The third-order valence-corrected chi connectivity index (χ3v) is 6.65. The molecule has 0 spiro atoms. The predicted octanol–water partition coefficient (Wildman–Crippen LogP) is 0.796. The molecule has 0 unspecified atom stereocenters. The first kappa shape index (κ1) is 26.3. The zero-order valence-electron chi connectivity index (χ0n) is 18.6. The smallest absolute Gasteiger partial charge is 0.304 e. The van der Waals surface area contributed by atoms with Gasteiger partial charge in [0, 0.05) is 44.5 Å². The molecule has 0 aliphatic carbocycles. The van der Waals surface area contributed by atoms with Crippen LogP contribution in [0.1, 0.15) is 42.6 Å². The molecule has 1 aromatic heterocycles. The van der Waals surface area contributed by atoms with E-state index in [1.54, 1.807) is 12.3 Å². The summed E-state index contributed by atoms with van der Waals surface area (Å²) >= 11 is 0. The van der Waals surface area contributed by atoms with Crippen molar-refractivity contribution >= 4 is 24.8 Å². The Kier molecular flexibility index (Phi) is 10.8. The van der Waals surface area contributed by atoms with Crippen LogP contribution in [0.15, 0.2) is 18.3 Å². The van der Waals surface area contributed by atoms with Crippen LogP contribution in [0.5, 0.6) is 0 Å². The number of nitrogens with zero attached hydrogens (tertiary/aromatic N) is 2. The van der Waals surface area contributed by atoms with Gasteiger partial charge in [-0.2, -0.15) is 0 Å². The maximum absolute atomic E-state index is 12.4. The van der Waals surface area contributed by atoms with Gasteiger partial charge in [-0.25, -0.2) is 0 Å². The predicted molar refractivity (Wildman–Crippen MR) is 119 cm³/mol. The summed E-state index contributed by atoms with van der Waals surface area (Å²) in [6.07, 6.45) is 6.92. The number of aliphatic carboxylic acids is 1. The number of carboxylic acids is 1. The summed E-state index contributed by atoms with van der Waals surface area (Å²) in [5.41, 5.74) is 0.602. The maximum atomic E-state index is 12.4. The number of rotatable bonds is 6. The van der Waals surface area contributed by atoms with Crippen LogP contribution < -0.4 is 5.32 Å². The van der Waals surface area contributed by atoms with Crippen LogP contribution in [0.3, 0.4) is 0 Å². The molecule has 3 saturated heterocycles. The Morgan fingerprint density at radius 3 is 2.48 bits per heavy atom. The van der Waals surface area contributed by atoms with Gasteiger partial charge in [-0.15, -0.1) is 0 Å². The number of fused-ring (bicyclic) bond motifs is 4. The van der Waals surface area contributed by atoms with Gasteiger partial charge in [0.05, 0.1) is 6.42 Å². The molecule has 2 bridgehead atoms. The average molecular weight is 467 g/mol. The number of H-pyrrole nitrogens is 1. The second-order valence-corrected chi connectivity index (χ2v) is 8.53. The molecular formula is C22H34N4O7. The molecule has 184 valence electrons. The van der Waals surface area contributed by atoms with Crippen LogP contribution in [0.2, 0.25) is 0 Å². The van der Waals surface area contributed by atoms with Gasteiger partial charge in [0.15, 0.2) is 0 Å². The van der Waals surface area contributed by atoms with Crippen LogP contribution in [-0.2, 0) is 14.4 Å². The second kappa shape index (κ2) is 13.6. The summed E-state index contributed by atoms with van der Waals surface area (Å²) in [4.78, 5) is 48.1. The van der Waals surface area contributed by atoms with E-state index in [0.717, 1.165) is 19.6 Å². The quantitative estimate of drug-likeness (QED) is 0.381. The van der Waals surface area contributed by atoms with Crippen molar-refractivity contribution < 1.29 is 34.5 Å². The Labute approximate surface area is 192 Å². The number of likely N-dealkylation sites (tertiary alicyclic amines) is 1. The number of carbonyl (C=O) groups excluding carboxylic acids is 1. The summed E-state index contributed by atoms with van der Waals surface area (Å²) in [6.45, 7) is 3.88. The highest BCUT2D eigenvalue weighted by molar-refractivity contribution is 5.92. The van der Waals surface area contributed by atoms with E-state index in [2.05, 4.69) is 20.1 Å². The van der Waals surface area contributed by atoms with Gasteiger partial charge in [0.2, 0.25) is 0 Å². The molecule has 3 aliphatic rings. The Morgan fingerprint density at radius 2 is 1.85 bits per heavy atom. The van der Waals surface area contributed by atoms with Crippen molar-refractivity contribution in [1.29, 1.82) is 0 Å². The minimum atomic E-state index is -0.722. The lowest BCUT2D eigenvalue weighted by Crippen LogP contribution is -2.65. The number of piperidine rings is 3. The number of hydrogen-bond acceptors (Lipinski definition) is 6. The molecule has 11 nitrogen and oxygen atoms in total. The summed E-state index contributed by atoms with van der Waals surface area (Å²) in [7, 11) is 0. The van der Waals surface area contributed by atoms with Gasteiger partial charge >= 0.3 is 5.97 Å². The number of hydrogen-bond donors (Lipinski definition) is 5. The van der Waals surface area contributed by atoms with Crippen molar-refractivity contribution in [2.75, 3.05) is 32.7 Å². The highest BCUT2D eigenvalue weighted by Gasteiger charge is 2.46. The lowest BCUT2D eigenvalue weighted by molar-refractivity contribution is -0.138. The first-order valence-electron chi connectivity index (χ1n) is 11.2. The highest BCUT2D eigenvalue weighted by atomic mass is 16.4. The molecule has 3 fully saturated rings. The summed E-state index contributed by atoms with van der Waals surface area (Å²) in [5, 5.41) is 25.9. The van der Waals surface area contributed by atoms with Gasteiger partial charge in [-0.3, -0.25) is 24.1 Å². The van der Waals surface area contributed by atoms with Crippen molar-refractivity contribution in [3.05, 3.63) is 24.0 Å². The fourth-order valence-electron chi connectivity index (χ4n) is 5.49. The SMILES string of the molecule is O=C(O)CCN1C[C@H]2C[C@@H](C1)[C@H](CNC(=O)c1ccc[nH]1)N1CCCC[C@@H]21.O=CO.O=CO. The molecule has 4 heterocycles. The van der Waals surface area contributed by atoms with Crippen LogP contribution >= 0.6 is 0 Å². The molecule has 4 atom stereocenters. The maximum Gasteiger partial charge on any atom is 0.304 e. The fourth-order valence-corrected chi connectivity index (χ4v) is 5.49. The number of aromatic amines is 1. The van der Waals surface area contributed by atoms with Gasteiger partial charge < -0.3 is 30.5 Å². The van der Waals surface area contributed by atoms with E-state index in [-0.39, 0.29) is 25.3 Å². The van der Waals surface area contributed by atoms with E-state index < -0.39 is 5.97 Å². The molecule has 1 amide bonds.